The molecule has 122 valence electrons. The zero-order valence-corrected chi connectivity index (χ0v) is 13.6. The van der Waals surface area contributed by atoms with Gasteiger partial charge in [-0.3, -0.25) is 4.79 Å². The van der Waals surface area contributed by atoms with Crippen LogP contribution in [0.15, 0.2) is 29.6 Å². The van der Waals surface area contributed by atoms with E-state index in [-0.39, 0.29) is 18.2 Å². The van der Waals surface area contributed by atoms with Gasteiger partial charge in [-0.25, -0.2) is 14.2 Å². The van der Waals surface area contributed by atoms with Crippen LogP contribution in [0.3, 0.4) is 0 Å². The Balaban J connectivity index is 2.06. The van der Waals surface area contributed by atoms with E-state index in [4.69, 9.17) is 5.11 Å². The molecule has 1 heterocycles. The predicted octanol–water partition coefficient (Wildman–Crippen LogP) is 2.72. The molecule has 0 saturated carbocycles. The second-order valence-electron chi connectivity index (χ2n) is 5.43. The van der Waals surface area contributed by atoms with Crippen molar-refractivity contribution >= 4 is 23.2 Å². The molecule has 0 aliphatic carbocycles. The van der Waals surface area contributed by atoms with Gasteiger partial charge in [0.2, 0.25) is 5.91 Å². The summed E-state index contributed by atoms with van der Waals surface area (Å²) in [4.78, 5) is 27.3. The molecule has 1 atom stereocenters. The number of carboxylic acids is 1. The monoisotopic (exact) mass is 336 g/mol. The van der Waals surface area contributed by atoms with Crippen molar-refractivity contribution in [2.45, 2.75) is 26.3 Å². The van der Waals surface area contributed by atoms with Crippen LogP contribution in [0.25, 0.3) is 10.6 Å². The third-order valence-electron chi connectivity index (χ3n) is 3.25. The molecule has 2 aromatic rings. The number of carbonyl (C=O) groups excluding carboxylic acids is 1. The molecule has 2 rings (SSSR count). The lowest BCUT2D eigenvalue weighted by Gasteiger charge is -2.17. The number of aromatic nitrogens is 1. The van der Waals surface area contributed by atoms with E-state index in [1.807, 2.05) is 0 Å². The van der Waals surface area contributed by atoms with Gasteiger partial charge in [0.15, 0.2) is 0 Å². The summed E-state index contributed by atoms with van der Waals surface area (Å²) in [6.45, 7) is 3.44. The largest absolute Gasteiger partial charge is 0.480 e. The SMILES string of the molecule is CC(C)[C@H](NC(=O)Cc1csc(-c2ccccc2F)n1)C(=O)O. The minimum absolute atomic E-state index is 0.0402. The van der Waals surface area contributed by atoms with E-state index >= 15 is 0 Å². The Labute approximate surface area is 137 Å². The molecule has 23 heavy (non-hydrogen) atoms. The molecule has 1 aromatic carbocycles. The first-order chi connectivity index (χ1) is 10.9. The van der Waals surface area contributed by atoms with E-state index in [0.717, 1.165) is 0 Å². The van der Waals surface area contributed by atoms with Crippen LogP contribution in [-0.4, -0.2) is 28.0 Å². The maximum absolute atomic E-state index is 13.7. The fraction of sp³-hybridized carbons (Fsp3) is 0.312. The van der Waals surface area contributed by atoms with Gasteiger partial charge in [-0.05, 0) is 18.1 Å². The van der Waals surface area contributed by atoms with Gasteiger partial charge >= 0.3 is 5.97 Å². The van der Waals surface area contributed by atoms with Gasteiger partial charge < -0.3 is 10.4 Å². The van der Waals surface area contributed by atoms with Crippen LogP contribution in [0.5, 0.6) is 0 Å². The van der Waals surface area contributed by atoms with Crippen molar-refractivity contribution < 1.29 is 19.1 Å². The van der Waals surface area contributed by atoms with Gasteiger partial charge in [0.25, 0.3) is 0 Å². The number of hydrogen-bond acceptors (Lipinski definition) is 4. The molecule has 1 amide bonds. The van der Waals surface area contributed by atoms with Crippen molar-refractivity contribution in [1.82, 2.24) is 10.3 Å². The number of benzene rings is 1. The molecule has 0 radical (unpaired) electrons. The van der Waals surface area contributed by atoms with Crippen molar-refractivity contribution in [3.63, 3.8) is 0 Å². The summed E-state index contributed by atoms with van der Waals surface area (Å²) >= 11 is 1.24. The Morgan fingerprint density at radius 1 is 1.35 bits per heavy atom. The predicted molar refractivity (Wildman–Crippen MR) is 85.6 cm³/mol. The zero-order chi connectivity index (χ0) is 17.0. The van der Waals surface area contributed by atoms with Crippen LogP contribution >= 0.6 is 11.3 Å². The molecule has 0 aliphatic rings. The number of nitrogens with zero attached hydrogens (tertiary/aromatic N) is 1. The van der Waals surface area contributed by atoms with Crippen LogP contribution in [0, 0.1) is 11.7 Å². The number of hydrogen-bond donors (Lipinski definition) is 2. The highest BCUT2D eigenvalue weighted by molar-refractivity contribution is 7.13. The van der Waals surface area contributed by atoms with Gasteiger partial charge in [0.1, 0.15) is 16.9 Å². The smallest absolute Gasteiger partial charge is 0.326 e. The standard InChI is InChI=1S/C16H17FN2O3S/c1-9(2)14(16(21)22)19-13(20)7-10-8-23-15(18-10)11-5-3-4-6-12(11)17/h3-6,8-9,14H,7H2,1-2H3,(H,19,20)(H,21,22)/t14-/m0/s1. The molecule has 2 N–H and O–H groups in total. The van der Waals surface area contributed by atoms with Gasteiger partial charge in [-0.1, -0.05) is 26.0 Å². The highest BCUT2D eigenvalue weighted by atomic mass is 32.1. The fourth-order valence-corrected chi connectivity index (χ4v) is 2.90. The first kappa shape index (κ1) is 17.1. The van der Waals surface area contributed by atoms with E-state index in [2.05, 4.69) is 10.3 Å². The molecule has 0 saturated heterocycles. The first-order valence-corrected chi connectivity index (χ1v) is 7.98. The van der Waals surface area contributed by atoms with Crippen molar-refractivity contribution in [3.05, 3.63) is 41.2 Å². The number of thiazole rings is 1. The number of carbonyl (C=O) groups is 2. The second-order valence-corrected chi connectivity index (χ2v) is 6.29. The van der Waals surface area contributed by atoms with E-state index in [1.54, 1.807) is 37.4 Å². The number of amides is 1. The van der Waals surface area contributed by atoms with E-state index < -0.39 is 17.9 Å². The fourth-order valence-electron chi connectivity index (χ4n) is 2.05. The Morgan fingerprint density at radius 3 is 2.65 bits per heavy atom. The summed E-state index contributed by atoms with van der Waals surface area (Å²) in [5, 5.41) is 13.7. The van der Waals surface area contributed by atoms with Crippen LogP contribution in [0.1, 0.15) is 19.5 Å². The van der Waals surface area contributed by atoms with E-state index in [1.165, 1.54) is 17.4 Å². The molecule has 0 bridgehead atoms. The van der Waals surface area contributed by atoms with E-state index in [0.29, 0.717) is 16.3 Å². The summed E-state index contributed by atoms with van der Waals surface area (Å²) in [6.07, 6.45) is -0.0402. The van der Waals surface area contributed by atoms with Gasteiger partial charge in [0.05, 0.1) is 12.1 Å². The first-order valence-electron chi connectivity index (χ1n) is 7.10. The van der Waals surface area contributed by atoms with Crippen molar-refractivity contribution in [1.29, 1.82) is 0 Å². The Hall–Kier alpha value is -2.28. The molecule has 5 nitrogen and oxygen atoms in total. The lowest BCUT2D eigenvalue weighted by atomic mass is 10.0. The van der Waals surface area contributed by atoms with Crippen molar-refractivity contribution in [3.8, 4) is 10.6 Å². The van der Waals surface area contributed by atoms with Crippen LogP contribution in [0.4, 0.5) is 4.39 Å². The van der Waals surface area contributed by atoms with Crippen LogP contribution < -0.4 is 5.32 Å². The van der Waals surface area contributed by atoms with Gasteiger partial charge in [-0.2, -0.15) is 0 Å². The van der Waals surface area contributed by atoms with E-state index in [9.17, 15) is 14.0 Å². The van der Waals surface area contributed by atoms with Crippen molar-refractivity contribution in [2.24, 2.45) is 5.92 Å². The minimum atomic E-state index is -1.07. The summed E-state index contributed by atoms with van der Waals surface area (Å²) in [6, 6.07) is 5.35. The zero-order valence-electron chi connectivity index (χ0n) is 12.7. The number of halogens is 1. The summed E-state index contributed by atoms with van der Waals surface area (Å²) in [5.74, 6) is -2.08. The normalized spacial score (nSPS) is 12.2. The Kier molecular flexibility index (Phi) is 5.44. The second kappa shape index (κ2) is 7.32. The maximum Gasteiger partial charge on any atom is 0.326 e. The molecule has 0 fully saturated rings. The third kappa shape index (κ3) is 4.35. The minimum Gasteiger partial charge on any atom is -0.480 e. The van der Waals surface area contributed by atoms with Crippen molar-refractivity contribution in [2.75, 3.05) is 0 Å². The highest BCUT2D eigenvalue weighted by Gasteiger charge is 2.23. The molecule has 1 aromatic heterocycles. The quantitative estimate of drug-likeness (QED) is 0.850. The van der Waals surface area contributed by atoms with Gasteiger partial charge in [-0.15, -0.1) is 11.3 Å². The third-order valence-corrected chi connectivity index (χ3v) is 4.17. The summed E-state index contributed by atoms with van der Waals surface area (Å²) < 4.78 is 13.7. The summed E-state index contributed by atoms with van der Waals surface area (Å²) in [5.41, 5.74) is 0.869. The van der Waals surface area contributed by atoms with Gasteiger partial charge in [0, 0.05) is 10.9 Å². The molecule has 0 aliphatic heterocycles. The molecule has 7 heteroatoms. The molecular weight excluding hydrogens is 319 g/mol. The maximum atomic E-state index is 13.7. The Bertz CT molecular complexity index is 715. The van der Waals surface area contributed by atoms with Crippen LogP contribution in [-0.2, 0) is 16.0 Å². The summed E-state index contributed by atoms with van der Waals surface area (Å²) in [7, 11) is 0. The Morgan fingerprint density at radius 2 is 2.04 bits per heavy atom. The molecule has 0 unspecified atom stereocenters. The molecular formula is C16H17FN2O3S. The lowest BCUT2D eigenvalue weighted by Crippen LogP contribution is -2.44. The molecule has 0 spiro atoms. The lowest BCUT2D eigenvalue weighted by molar-refractivity contribution is -0.143. The number of carboxylic acid groups (broad SMARTS) is 1. The van der Waals surface area contributed by atoms with Crippen LogP contribution in [0.2, 0.25) is 0 Å². The average molecular weight is 336 g/mol. The number of nitrogens with one attached hydrogen (secondary N) is 1. The highest BCUT2D eigenvalue weighted by Crippen LogP contribution is 2.26. The number of aliphatic carboxylic acids is 1. The topological polar surface area (TPSA) is 79.3 Å². The number of rotatable bonds is 6. The average Bonchev–Trinajstić information content (AvgIpc) is 2.92.